The molecule has 0 radical (unpaired) electrons. The van der Waals surface area contributed by atoms with Crippen LogP contribution in [0.4, 0.5) is 0 Å². The molecule has 92 valence electrons. The summed E-state index contributed by atoms with van der Waals surface area (Å²) in [5.41, 5.74) is 0. The number of thiophene rings is 1. The lowest BCUT2D eigenvalue weighted by atomic mass is 9.93. The van der Waals surface area contributed by atoms with E-state index in [1.807, 2.05) is 5.38 Å². The van der Waals surface area contributed by atoms with Crippen LogP contribution < -0.4 is 0 Å². The number of nitrogens with zero attached hydrogens (tertiary/aromatic N) is 1. The predicted octanol–water partition coefficient (Wildman–Crippen LogP) is 2.99. The number of carbonyl (C=O) groups is 2. The zero-order valence-corrected chi connectivity index (χ0v) is 11.2. The molecule has 17 heavy (non-hydrogen) atoms. The van der Waals surface area contributed by atoms with Gasteiger partial charge in [-0.1, -0.05) is 11.6 Å². The lowest BCUT2D eigenvalue weighted by Gasteiger charge is -2.30. The normalized spacial score (nSPS) is 17.2. The Kier molecular flexibility index (Phi) is 3.84. The number of hydrogen-bond donors (Lipinski definition) is 0. The molecule has 5 heteroatoms. The van der Waals surface area contributed by atoms with Gasteiger partial charge in [0.1, 0.15) is 10.7 Å². The molecule has 0 bridgehead atoms. The van der Waals surface area contributed by atoms with Crippen molar-refractivity contribution < 1.29 is 9.59 Å². The van der Waals surface area contributed by atoms with E-state index in [2.05, 4.69) is 0 Å². The van der Waals surface area contributed by atoms with Crippen LogP contribution in [-0.2, 0) is 4.79 Å². The number of amides is 1. The van der Waals surface area contributed by atoms with Crippen LogP contribution in [0.5, 0.6) is 0 Å². The Hall–Kier alpha value is -0.870. The van der Waals surface area contributed by atoms with Crippen molar-refractivity contribution in [2.24, 2.45) is 0 Å². The van der Waals surface area contributed by atoms with E-state index in [-0.39, 0.29) is 11.9 Å². The van der Waals surface area contributed by atoms with E-state index in [1.165, 1.54) is 11.3 Å². The average molecular weight is 272 g/mol. The first-order chi connectivity index (χ1) is 8.09. The largest absolute Gasteiger partial charge is 0.338 e. The molecule has 0 aliphatic heterocycles. The maximum Gasteiger partial charge on any atom is 0.265 e. The Morgan fingerprint density at radius 2 is 2.12 bits per heavy atom. The summed E-state index contributed by atoms with van der Waals surface area (Å²) in [5.74, 6) is 0.264. The van der Waals surface area contributed by atoms with E-state index in [0.29, 0.717) is 28.5 Å². The molecule has 0 spiro atoms. The summed E-state index contributed by atoms with van der Waals surface area (Å²) in [7, 11) is 1.79. The molecule has 2 rings (SSSR count). The Morgan fingerprint density at radius 1 is 1.47 bits per heavy atom. The highest BCUT2D eigenvalue weighted by Crippen LogP contribution is 2.26. The van der Waals surface area contributed by atoms with Crippen molar-refractivity contribution in [3.63, 3.8) is 0 Å². The zero-order chi connectivity index (χ0) is 12.4. The van der Waals surface area contributed by atoms with Gasteiger partial charge >= 0.3 is 0 Å². The lowest BCUT2D eigenvalue weighted by Crippen LogP contribution is -2.39. The first-order valence-electron chi connectivity index (χ1n) is 5.61. The highest BCUT2D eigenvalue weighted by atomic mass is 35.5. The molecule has 1 fully saturated rings. The molecular weight excluding hydrogens is 258 g/mol. The number of carbonyl (C=O) groups excluding carboxylic acids is 2. The van der Waals surface area contributed by atoms with Gasteiger partial charge in [0.15, 0.2) is 0 Å². The number of rotatable bonds is 2. The van der Waals surface area contributed by atoms with E-state index in [9.17, 15) is 9.59 Å². The third-order valence-electron chi connectivity index (χ3n) is 3.19. The molecule has 1 aromatic heterocycles. The summed E-state index contributed by atoms with van der Waals surface area (Å²) in [6.07, 6.45) is 2.70. The van der Waals surface area contributed by atoms with E-state index in [1.54, 1.807) is 18.0 Å². The van der Waals surface area contributed by atoms with Crippen LogP contribution in [0.1, 0.15) is 35.4 Å². The van der Waals surface area contributed by atoms with E-state index in [0.717, 1.165) is 12.8 Å². The fraction of sp³-hybridized carbons (Fsp3) is 0.500. The van der Waals surface area contributed by atoms with Crippen molar-refractivity contribution in [2.75, 3.05) is 7.05 Å². The van der Waals surface area contributed by atoms with Crippen molar-refractivity contribution in [3.05, 3.63) is 21.3 Å². The highest BCUT2D eigenvalue weighted by Gasteiger charge is 2.27. The second kappa shape index (κ2) is 5.19. The van der Waals surface area contributed by atoms with E-state index in [4.69, 9.17) is 11.6 Å². The third kappa shape index (κ3) is 2.69. The van der Waals surface area contributed by atoms with Gasteiger partial charge in [-0.05, 0) is 24.3 Å². The maximum atomic E-state index is 12.2. The smallest absolute Gasteiger partial charge is 0.265 e. The molecule has 1 heterocycles. The number of halogens is 1. The van der Waals surface area contributed by atoms with Crippen LogP contribution in [0.3, 0.4) is 0 Å². The molecule has 0 aromatic carbocycles. The van der Waals surface area contributed by atoms with Gasteiger partial charge in [-0.2, -0.15) is 0 Å². The topological polar surface area (TPSA) is 37.4 Å². The monoisotopic (exact) mass is 271 g/mol. The van der Waals surface area contributed by atoms with Crippen LogP contribution in [0.25, 0.3) is 0 Å². The van der Waals surface area contributed by atoms with Gasteiger partial charge in [-0.15, -0.1) is 11.3 Å². The maximum absolute atomic E-state index is 12.2. The molecule has 1 aromatic rings. The van der Waals surface area contributed by atoms with Crippen molar-refractivity contribution in [2.45, 2.75) is 31.7 Å². The number of Topliss-reactive ketones (excluding diaryl/α,β-unsaturated/α-hetero) is 1. The first-order valence-corrected chi connectivity index (χ1v) is 6.87. The van der Waals surface area contributed by atoms with Crippen molar-refractivity contribution in [1.29, 1.82) is 0 Å². The summed E-state index contributed by atoms with van der Waals surface area (Å²) in [4.78, 5) is 25.7. The van der Waals surface area contributed by atoms with Crippen molar-refractivity contribution in [1.82, 2.24) is 4.90 Å². The average Bonchev–Trinajstić information content (AvgIpc) is 2.74. The SMILES string of the molecule is CN(C(=O)c1sccc1Cl)C1CCC(=O)CC1. The summed E-state index contributed by atoms with van der Waals surface area (Å²) < 4.78 is 0. The summed E-state index contributed by atoms with van der Waals surface area (Å²) in [5, 5.41) is 2.33. The standard InChI is InChI=1S/C12H14ClNO2S/c1-14(8-2-4-9(15)5-3-8)12(16)11-10(13)6-7-17-11/h6-8H,2-5H2,1H3. The first kappa shape index (κ1) is 12.6. The van der Waals surface area contributed by atoms with Gasteiger partial charge in [0.25, 0.3) is 5.91 Å². The minimum absolute atomic E-state index is 0.0376. The minimum atomic E-state index is -0.0376. The van der Waals surface area contributed by atoms with Crippen LogP contribution in [0.2, 0.25) is 5.02 Å². The van der Waals surface area contributed by atoms with Crippen LogP contribution in [0, 0.1) is 0 Å². The molecule has 1 aliphatic rings. The summed E-state index contributed by atoms with van der Waals surface area (Å²) in [6.45, 7) is 0. The molecule has 0 saturated heterocycles. The fourth-order valence-electron chi connectivity index (χ4n) is 2.08. The number of hydrogen-bond acceptors (Lipinski definition) is 3. The minimum Gasteiger partial charge on any atom is -0.338 e. The molecule has 1 aliphatic carbocycles. The van der Waals surface area contributed by atoms with Gasteiger partial charge in [0.05, 0.1) is 5.02 Å². The fourth-order valence-corrected chi connectivity index (χ4v) is 3.20. The lowest BCUT2D eigenvalue weighted by molar-refractivity contribution is -0.121. The molecule has 1 amide bonds. The Balaban J connectivity index is 2.05. The second-order valence-corrected chi connectivity index (χ2v) is 5.61. The highest BCUT2D eigenvalue weighted by molar-refractivity contribution is 7.12. The predicted molar refractivity (Wildman–Crippen MR) is 68.7 cm³/mol. The van der Waals surface area contributed by atoms with Gasteiger partial charge in [-0.3, -0.25) is 9.59 Å². The van der Waals surface area contributed by atoms with Gasteiger partial charge in [-0.25, -0.2) is 0 Å². The Bertz CT molecular complexity index is 433. The Morgan fingerprint density at radius 3 is 2.65 bits per heavy atom. The molecule has 0 N–H and O–H groups in total. The van der Waals surface area contributed by atoms with Crippen LogP contribution in [-0.4, -0.2) is 29.7 Å². The van der Waals surface area contributed by atoms with E-state index < -0.39 is 0 Å². The zero-order valence-electron chi connectivity index (χ0n) is 9.61. The van der Waals surface area contributed by atoms with Gasteiger partial charge in [0, 0.05) is 25.9 Å². The van der Waals surface area contributed by atoms with Crippen molar-refractivity contribution >= 4 is 34.6 Å². The summed E-state index contributed by atoms with van der Waals surface area (Å²) in [6, 6.07) is 1.90. The quantitative estimate of drug-likeness (QED) is 0.829. The van der Waals surface area contributed by atoms with Crippen LogP contribution in [0.15, 0.2) is 11.4 Å². The molecular formula is C12H14ClNO2S. The molecule has 1 saturated carbocycles. The van der Waals surface area contributed by atoms with Crippen LogP contribution >= 0.6 is 22.9 Å². The van der Waals surface area contributed by atoms with Crippen molar-refractivity contribution in [3.8, 4) is 0 Å². The molecule has 0 atom stereocenters. The third-order valence-corrected chi connectivity index (χ3v) is 4.52. The summed E-state index contributed by atoms with van der Waals surface area (Å²) >= 11 is 7.31. The van der Waals surface area contributed by atoms with Gasteiger partial charge < -0.3 is 4.90 Å². The molecule has 3 nitrogen and oxygen atoms in total. The number of ketones is 1. The van der Waals surface area contributed by atoms with Gasteiger partial charge in [0.2, 0.25) is 0 Å². The Labute approximate surface area is 109 Å². The van der Waals surface area contributed by atoms with E-state index >= 15 is 0 Å². The molecule has 0 unspecified atom stereocenters. The second-order valence-electron chi connectivity index (χ2n) is 4.28.